The molecular weight excluding hydrogens is 217 g/mol. The quantitative estimate of drug-likeness (QED) is 0.839. The number of carbonyl (C=O) groups is 1. The van der Waals surface area contributed by atoms with E-state index in [1.807, 2.05) is 0 Å². The molecule has 0 spiro atoms. The van der Waals surface area contributed by atoms with E-state index in [9.17, 15) is 9.18 Å². The van der Waals surface area contributed by atoms with Crippen LogP contribution in [0.25, 0.3) is 0 Å². The lowest BCUT2D eigenvalue weighted by atomic mass is 10.1. The van der Waals surface area contributed by atoms with E-state index in [0.29, 0.717) is 23.6 Å². The van der Waals surface area contributed by atoms with E-state index in [0.717, 1.165) is 0 Å². The molecule has 0 saturated heterocycles. The van der Waals surface area contributed by atoms with Crippen LogP contribution in [0.5, 0.6) is 0 Å². The molecule has 0 atom stereocenters. The van der Waals surface area contributed by atoms with Gasteiger partial charge in [-0.3, -0.25) is 4.79 Å². The molecule has 82 valence electrons. The van der Waals surface area contributed by atoms with Crippen LogP contribution in [0.4, 0.5) is 4.39 Å². The van der Waals surface area contributed by atoms with Gasteiger partial charge in [0.2, 0.25) is 0 Å². The minimum atomic E-state index is -0.378. The van der Waals surface area contributed by atoms with Crippen LogP contribution in [0, 0.1) is 5.82 Å². The van der Waals surface area contributed by atoms with Crippen molar-refractivity contribution in [3.05, 3.63) is 34.6 Å². The van der Waals surface area contributed by atoms with Gasteiger partial charge in [-0.2, -0.15) is 0 Å². The first-order valence-corrected chi connectivity index (χ1v) is 5.11. The number of hydrogen-bond donors (Lipinski definition) is 1. The number of halogens is 2. The molecule has 0 amide bonds. The van der Waals surface area contributed by atoms with Crippen molar-refractivity contribution < 1.29 is 9.18 Å². The first-order chi connectivity index (χ1) is 7.13. The molecule has 1 aromatic carbocycles. The Morgan fingerprint density at radius 3 is 2.93 bits per heavy atom. The molecule has 1 aromatic rings. The third kappa shape index (κ3) is 3.98. The summed E-state index contributed by atoms with van der Waals surface area (Å²) in [6.45, 7) is 0.612. The SMILES string of the molecule is CNCCC(=O)Cc1cc(Cl)ccc1F. The van der Waals surface area contributed by atoms with Gasteiger partial charge in [-0.05, 0) is 30.8 Å². The Bertz CT molecular complexity index is 354. The van der Waals surface area contributed by atoms with E-state index >= 15 is 0 Å². The number of nitrogens with one attached hydrogen (secondary N) is 1. The van der Waals surface area contributed by atoms with Crippen LogP contribution in [-0.4, -0.2) is 19.4 Å². The molecule has 2 nitrogen and oxygen atoms in total. The van der Waals surface area contributed by atoms with Gasteiger partial charge in [-0.1, -0.05) is 11.6 Å². The number of benzene rings is 1. The van der Waals surface area contributed by atoms with Crippen molar-refractivity contribution in [2.24, 2.45) is 0 Å². The Balaban J connectivity index is 2.63. The van der Waals surface area contributed by atoms with Gasteiger partial charge in [0, 0.05) is 24.4 Å². The highest BCUT2D eigenvalue weighted by Crippen LogP contribution is 2.15. The predicted octanol–water partition coefficient (Wildman–Crippen LogP) is 2.20. The van der Waals surface area contributed by atoms with E-state index < -0.39 is 0 Å². The van der Waals surface area contributed by atoms with Gasteiger partial charge in [-0.15, -0.1) is 0 Å². The highest BCUT2D eigenvalue weighted by Gasteiger charge is 2.08. The lowest BCUT2D eigenvalue weighted by Gasteiger charge is -2.03. The zero-order valence-electron chi connectivity index (χ0n) is 8.52. The van der Waals surface area contributed by atoms with Gasteiger partial charge < -0.3 is 5.32 Å². The molecular formula is C11H13ClFNO. The molecule has 1 N–H and O–H groups in total. The zero-order chi connectivity index (χ0) is 11.3. The Morgan fingerprint density at radius 1 is 1.53 bits per heavy atom. The fraction of sp³-hybridized carbons (Fsp3) is 0.364. The van der Waals surface area contributed by atoms with E-state index in [2.05, 4.69) is 5.32 Å². The second kappa shape index (κ2) is 5.83. The first-order valence-electron chi connectivity index (χ1n) is 4.73. The van der Waals surface area contributed by atoms with Crippen molar-refractivity contribution in [2.45, 2.75) is 12.8 Å². The molecule has 0 saturated carbocycles. The van der Waals surface area contributed by atoms with Gasteiger partial charge in [-0.25, -0.2) is 4.39 Å². The third-order valence-corrected chi connectivity index (χ3v) is 2.28. The monoisotopic (exact) mass is 229 g/mol. The summed E-state index contributed by atoms with van der Waals surface area (Å²) in [7, 11) is 1.77. The number of carbonyl (C=O) groups excluding carboxylic acids is 1. The van der Waals surface area contributed by atoms with Gasteiger partial charge >= 0.3 is 0 Å². The maximum atomic E-state index is 13.2. The normalized spacial score (nSPS) is 10.3. The van der Waals surface area contributed by atoms with Crippen LogP contribution in [0.1, 0.15) is 12.0 Å². The topological polar surface area (TPSA) is 29.1 Å². The summed E-state index contributed by atoms with van der Waals surface area (Å²) in [5.41, 5.74) is 0.364. The average Bonchev–Trinajstić information content (AvgIpc) is 2.20. The lowest BCUT2D eigenvalue weighted by Crippen LogP contribution is -2.14. The van der Waals surface area contributed by atoms with E-state index in [4.69, 9.17) is 11.6 Å². The van der Waals surface area contributed by atoms with Gasteiger partial charge in [0.25, 0.3) is 0 Å². The van der Waals surface area contributed by atoms with E-state index in [1.54, 1.807) is 7.05 Å². The molecule has 0 heterocycles. The smallest absolute Gasteiger partial charge is 0.138 e. The van der Waals surface area contributed by atoms with Gasteiger partial charge in [0.05, 0.1) is 0 Å². The Labute approximate surface area is 93.4 Å². The summed E-state index contributed by atoms with van der Waals surface area (Å²) in [5.74, 6) is -0.372. The van der Waals surface area contributed by atoms with Crippen LogP contribution < -0.4 is 5.32 Å². The molecule has 0 aliphatic heterocycles. The van der Waals surface area contributed by atoms with Crippen LogP contribution in [0.2, 0.25) is 5.02 Å². The standard InChI is InChI=1S/C11H13ClFNO/c1-14-5-4-10(15)7-8-6-9(12)2-3-11(8)13/h2-3,6,14H,4-5,7H2,1H3. The molecule has 0 aliphatic rings. The van der Waals surface area contributed by atoms with E-state index in [1.165, 1.54) is 18.2 Å². The second-order valence-electron chi connectivity index (χ2n) is 3.30. The molecule has 15 heavy (non-hydrogen) atoms. The van der Waals surface area contributed by atoms with Crippen molar-refractivity contribution in [1.82, 2.24) is 5.32 Å². The molecule has 0 aromatic heterocycles. The maximum absolute atomic E-state index is 13.2. The Kier molecular flexibility index (Phi) is 4.72. The molecule has 0 bridgehead atoms. The summed E-state index contributed by atoms with van der Waals surface area (Å²) < 4.78 is 13.2. The molecule has 0 fully saturated rings. The largest absolute Gasteiger partial charge is 0.319 e. The summed E-state index contributed by atoms with van der Waals surface area (Å²) in [5, 5.41) is 3.32. The molecule has 0 unspecified atom stereocenters. The van der Waals surface area contributed by atoms with Crippen molar-refractivity contribution >= 4 is 17.4 Å². The Morgan fingerprint density at radius 2 is 2.27 bits per heavy atom. The van der Waals surface area contributed by atoms with Crippen LogP contribution >= 0.6 is 11.6 Å². The molecule has 1 rings (SSSR count). The summed E-state index contributed by atoms with van der Waals surface area (Å²) in [4.78, 5) is 11.4. The summed E-state index contributed by atoms with van der Waals surface area (Å²) in [6.07, 6.45) is 0.510. The fourth-order valence-corrected chi connectivity index (χ4v) is 1.44. The minimum Gasteiger partial charge on any atom is -0.319 e. The van der Waals surface area contributed by atoms with Crippen molar-refractivity contribution in [1.29, 1.82) is 0 Å². The highest BCUT2D eigenvalue weighted by atomic mass is 35.5. The van der Waals surface area contributed by atoms with Crippen molar-refractivity contribution in [2.75, 3.05) is 13.6 Å². The highest BCUT2D eigenvalue weighted by molar-refractivity contribution is 6.30. The van der Waals surface area contributed by atoms with Crippen molar-refractivity contribution in [3.8, 4) is 0 Å². The number of hydrogen-bond acceptors (Lipinski definition) is 2. The lowest BCUT2D eigenvalue weighted by molar-refractivity contribution is -0.118. The average molecular weight is 230 g/mol. The fourth-order valence-electron chi connectivity index (χ4n) is 1.24. The summed E-state index contributed by atoms with van der Waals surface area (Å²) >= 11 is 5.71. The second-order valence-corrected chi connectivity index (χ2v) is 3.74. The summed E-state index contributed by atoms with van der Waals surface area (Å²) in [6, 6.07) is 4.25. The van der Waals surface area contributed by atoms with Crippen LogP contribution in [0.15, 0.2) is 18.2 Å². The Hall–Kier alpha value is -0.930. The molecule has 0 aliphatic carbocycles. The number of rotatable bonds is 5. The maximum Gasteiger partial charge on any atom is 0.138 e. The van der Waals surface area contributed by atoms with Gasteiger partial charge in [0.1, 0.15) is 11.6 Å². The number of Topliss-reactive ketones (excluding diaryl/α,β-unsaturated/α-hetero) is 1. The van der Waals surface area contributed by atoms with E-state index in [-0.39, 0.29) is 18.0 Å². The van der Waals surface area contributed by atoms with Crippen LogP contribution in [-0.2, 0) is 11.2 Å². The minimum absolute atomic E-state index is 0.00511. The first kappa shape index (κ1) is 12.1. The van der Waals surface area contributed by atoms with Gasteiger partial charge in [0.15, 0.2) is 0 Å². The number of ketones is 1. The molecule has 4 heteroatoms. The van der Waals surface area contributed by atoms with Crippen molar-refractivity contribution in [3.63, 3.8) is 0 Å². The van der Waals surface area contributed by atoms with Crippen LogP contribution in [0.3, 0.4) is 0 Å². The third-order valence-electron chi connectivity index (χ3n) is 2.05. The zero-order valence-corrected chi connectivity index (χ0v) is 9.27. The predicted molar refractivity (Wildman–Crippen MR) is 58.7 cm³/mol. The molecule has 0 radical (unpaired) electrons.